The number of carbonyl (C=O) groups excluding carboxylic acids is 2. The van der Waals surface area contributed by atoms with Crippen LogP contribution in [-0.4, -0.2) is 63.7 Å². The summed E-state index contributed by atoms with van der Waals surface area (Å²) in [4.78, 5) is 30.4. The molecule has 4 heterocycles. The Morgan fingerprint density at radius 1 is 1.39 bits per heavy atom. The Kier molecular flexibility index (Phi) is 4.73. The monoisotopic (exact) mass is 420 g/mol. The number of benzene rings is 1. The second-order valence-corrected chi connectivity index (χ2v) is 9.14. The minimum absolute atomic E-state index is 0.0216. The van der Waals surface area contributed by atoms with Gasteiger partial charge in [0.1, 0.15) is 5.60 Å². The summed E-state index contributed by atoms with van der Waals surface area (Å²) in [6, 6.07) is 6.31. The van der Waals surface area contributed by atoms with Crippen molar-refractivity contribution in [2.75, 3.05) is 20.1 Å². The second-order valence-electron chi connectivity index (χ2n) is 9.14. The van der Waals surface area contributed by atoms with Gasteiger partial charge >= 0.3 is 0 Å². The lowest BCUT2D eigenvalue weighted by molar-refractivity contribution is -0.142. The lowest BCUT2D eigenvalue weighted by Gasteiger charge is -2.27. The third-order valence-corrected chi connectivity index (χ3v) is 7.00. The maximum Gasteiger partial charge on any atom is 0.230 e. The van der Waals surface area contributed by atoms with Gasteiger partial charge in [0.15, 0.2) is 0 Å². The van der Waals surface area contributed by atoms with Crippen LogP contribution in [0.5, 0.6) is 0 Å². The van der Waals surface area contributed by atoms with E-state index in [9.17, 15) is 9.59 Å². The van der Waals surface area contributed by atoms with Crippen molar-refractivity contribution in [3.8, 4) is 0 Å². The number of hydrogen-bond acceptors (Lipinski definition) is 4. The molecule has 1 aromatic carbocycles. The fraction of sp³-hybridized carbons (Fsp3) is 0.458. The summed E-state index contributed by atoms with van der Waals surface area (Å²) in [5.41, 5.74) is 3.86. The number of likely N-dealkylation sites (N-methyl/N-ethyl adjacent to an activating group) is 1. The van der Waals surface area contributed by atoms with Crippen LogP contribution in [0.1, 0.15) is 22.3 Å². The number of aromatic nitrogens is 2. The Morgan fingerprint density at radius 2 is 2.23 bits per heavy atom. The van der Waals surface area contributed by atoms with Crippen molar-refractivity contribution in [2.24, 2.45) is 11.8 Å². The molecule has 2 amide bonds. The standard InChI is InChI=1S/C24H28N4O3/c1-15-4-5-16(2)18(10-15)13-28-14-24-8-6-19(31-24)20(21(24)23(28)30)22(29)27(3)9-7-17-11-25-26-12-17/h4-6,8,10-12,19-21H,7,9,13-14H2,1-3H3,(H,25,26)/t19-,20-,21-,24-/m0/s1. The molecule has 2 bridgehead atoms. The van der Waals surface area contributed by atoms with Gasteiger partial charge in [0.25, 0.3) is 0 Å². The van der Waals surface area contributed by atoms with Crippen molar-refractivity contribution in [2.45, 2.75) is 38.5 Å². The molecule has 2 saturated heterocycles. The first-order chi connectivity index (χ1) is 14.9. The molecule has 162 valence electrons. The number of fused-ring (bicyclic) bond motifs is 1. The largest absolute Gasteiger partial charge is 0.360 e. The van der Waals surface area contributed by atoms with E-state index in [2.05, 4.69) is 42.2 Å². The number of nitrogens with zero attached hydrogens (tertiary/aromatic N) is 3. The van der Waals surface area contributed by atoms with E-state index in [1.165, 1.54) is 11.1 Å². The van der Waals surface area contributed by atoms with Gasteiger partial charge < -0.3 is 14.5 Å². The molecule has 0 aliphatic carbocycles. The van der Waals surface area contributed by atoms with Gasteiger partial charge in [-0.25, -0.2) is 0 Å². The van der Waals surface area contributed by atoms with E-state index >= 15 is 0 Å². The Hall–Kier alpha value is -2.93. The van der Waals surface area contributed by atoms with E-state index in [-0.39, 0.29) is 17.9 Å². The molecule has 1 aromatic heterocycles. The molecule has 0 saturated carbocycles. The lowest BCUT2D eigenvalue weighted by Crippen LogP contribution is -2.45. The molecule has 7 nitrogen and oxygen atoms in total. The number of nitrogens with one attached hydrogen (secondary N) is 1. The van der Waals surface area contributed by atoms with Crippen molar-refractivity contribution >= 4 is 11.8 Å². The summed E-state index contributed by atoms with van der Waals surface area (Å²) >= 11 is 0. The SMILES string of the molecule is Cc1ccc(C)c(CN2C[C@]34C=C[C@H](O3)[C@H](C(=O)N(C)CCc3cn[nH]c3)[C@H]4C2=O)c1. The maximum atomic E-state index is 13.5. The molecule has 0 unspecified atom stereocenters. The summed E-state index contributed by atoms with van der Waals surface area (Å²) in [6.45, 7) is 5.75. The van der Waals surface area contributed by atoms with Gasteiger partial charge in [-0.3, -0.25) is 14.7 Å². The topological polar surface area (TPSA) is 78.5 Å². The fourth-order valence-electron chi connectivity index (χ4n) is 5.25. The molecule has 31 heavy (non-hydrogen) atoms. The van der Waals surface area contributed by atoms with Crippen LogP contribution in [-0.2, 0) is 27.3 Å². The van der Waals surface area contributed by atoms with Gasteiger partial charge in [0, 0.05) is 26.3 Å². The van der Waals surface area contributed by atoms with E-state index in [4.69, 9.17) is 4.74 Å². The number of aromatic amines is 1. The van der Waals surface area contributed by atoms with Gasteiger partial charge in [0.05, 0.1) is 30.7 Å². The van der Waals surface area contributed by atoms with E-state index < -0.39 is 17.4 Å². The van der Waals surface area contributed by atoms with E-state index in [0.29, 0.717) is 19.6 Å². The zero-order valence-corrected chi connectivity index (χ0v) is 18.2. The lowest BCUT2D eigenvalue weighted by atomic mass is 9.76. The molecule has 5 rings (SSSR count). The summed E-state index contributed by atoms with van der Waals surface area (Å²) in [7, 11) is 1.80. The van der Waals surface area contributed by atoms with Crippen LogP contribution in [0.15, 0.2) is 42.7 Å². The average Bonchev–Trinajstić information content (AvgIpc) is 3.51. The number of aryl methyl sites for hydroxylation is 2. The van der Waals surface area contributed by atoms with E-state index in [1.54, 1.807) is 18.1 Å². The minimum atomic E-state index is -0.675. The highest BCUT2D eigenvalue weighted by Gasteiger charge is 2.67. The first kappa shape index (κ1) is 20.0. The van der Waals surface area contributed by atoms with Crippen LogP contribution in [0, 0.1) is 25.7 Å². The van der Waals surface area contributed by atoms with Crippen LogP contribution < -0.4 is 0 Å². The molecule has 2 fully saturated rings. The molecule has 1 spiro atoms. The van der Waals surface area contributed by atoms with Crippen molar-refractivity contribution in [3.05, 3.63) is 65.0 Å². The quantitative estimate of drug-likeness (QED) is 0.725. The van der Waals surface area contributed by atoms with Crippen LogP contribution >= 0.6 is 0 Å². The molecular weight excluding hydrogens is 392 g/mol. The minimum Gasteiger partial charge on any atom is -0.360 e. The zero-order chi connectivity index (χ0) is 21.8. The number of H-pyrrole nitrogens is 1. The number of rotatable bonds is 6. The van der Waals surface area contributed by atoms with E-state index in [1.807, 2.05) is 23.2 Å². The molecule has 2 aromatic rings. The number of ether oxygens (including phenoxy) is 1. The van der Waals surface area contributed by atoms with Crippen LogP contribution in [0.3, 0.4) is 0 Å². The van der Waals surface area contributed by atoms with Gasteiger partial charge in [-0.2, -0.15) is 5.10 Å². The van der Waals surface area contributed by atoms with Gasteiger partial charge in [-0.1, -0.05) is 35.9 Å². The maximum absolute atomic E-state index is 13.5. The highest BCUT2D eigenvalue weighted by Crippen LogP contribution is 2.52. The van der Waals surface area contributed by atoms with Crippen molar-refractivity contribution in [3.63, 3.8) is 0 Å². The number of likely N-dealkylation sites (tertiary alicyclic amines) is 1. The molecule has 7 heteroatoms. The summed E-state index contributed by atoms with van der Waals surface area (Å²) in [5, 5.41) is 6.75. The number of amides is 2. The Bertz CT molecular complexity index is 1050. The first-order valence-corrected chi connectivity index (χ1v) is 10.8. The van der Waals surface area contributed by atoms with Gasteiger partial charge in [-0.05, 0) is 37.0 Å². The van der Waals surface area contributed by atoms with Crippen molar-refractivity contribution in [1.29, 1.82) is 0 Å². The summed E-state index contributed by atoms with van der Waals surface area (Å²) in [6.07, 6.45) is 7.98. The molecule has 1 N–H and O–H groups in total. The Balaban J connectivity index is 1.33. The summed E-state index contributed by atoms with van der Waals surface area (Å²) < 4.78 is 6.27. The van der Waals surface area contributed by atoms with Crippen molar-refractivity contribution < 1.29 is 14.3 Å². The highest BCUT2D eigenvalue weighted by molar-refractivity contribution is 5.93. The Labute approximate surface area is 182 Å². The van der Waals surface area contributed by atoms with Crippen LogP contribution in [0.4, 0.5) is 0 Å². The number of hydrogen-bond donors (Lipinski definition) is 1. The second kappa shape index (κ2) is 7.34. The van der Waals surface area contributed by atoms with Gasteiger partial charge in [-0.15, -0.1) is 0 Å². The zero-order valence-electron chi connectivity index (χ0n) is 18.2. The molecule has 3 aliphatic rings. The van der Waals surface area contributed by atoms with Gasteiger partial charge in [0.2, 0.25) is 11.8 Å². The Morgan fingerprint density at radius 3 is 3.00 bits per heavy atom. The number of carbonyl (C=O) groups is 2. The molecule has 0 radical (unpaired) electrons. The van der Waals surface area contributed by atoms with E-state index in [0.717, 1.165) is 17.5 Å². The fourth-order valence-corrected chi connectivity index (χ4v) is 5.25. The summed E-state index contributed by atoms with van der Waals surface area (Å²) in [5.74, 6) is -0.909. The smallest absolute Gasteiger partial charge is 0.230 e. The molecule has 4 atom stereocenters. The highest BCUT2D eigenvalue weighted by atomic mass is 16.5. The predicted octanol–water partition coefficient (Wildman–Crippen LogP) is 2.01. The molecule has 3 aliphatic heterocycles. The molecular formula is C24H28N4O3. The van der Waals surface area contributed by atoms with Crippen molar-refractivity contribution in [1.82, 2.24) is 20.0 Å². The van der Waals surface area contributed by atoms with Crippen LogP contribution in [0.2, 0.25) is 0 Å². The van der Waals surface area contributed by atoms with Crippen LogP contribution in [0.25, 0.3) is 0 Å². The normalized spacial score (nSPS) is 28.4. The third kappa shape index (κ3) is 3.28. The third-order valence-electron chi connectivity index (χ3n) is 7.00. The predicted molar refractivity (Wildman–Crippen MR) is 115 cm³/mol. The average molecular weight is 421 g/mol. The first-order valence-electron chi connectivity index (χ1n) is 10.8.